The van der Waals surface area contributed by atoms with Crippen LogP contribution in [0.4, 0.5) is 0 Å². The predicted molar refractivity (Wildman–Crippen MR) is 62.6 cm³/mol. The van der Waals surface area contributed by atoms with Gasteiger partial charge in [-0.2, -0.15) is 0 Å². The minimum atomic E-state index is -0.118. The minimum absolute atomic E-state index is 0.118. The Bertz CT molecular complexity index is 472. The molecule has 0 aliphatic heterocycles. The lowest BCUT2D eigenvalue weighted by Crippen LogP contribution is -2.24. The third-order valence-corrected chi connectivity index (χ3v) is 3.70. The Hall–Kier alpha value is -0.900. The Morgan fingerprint density at radius 2 is 2.33 bits per heavy atom. The van der Waals surface area contributed by atoms with Crippen molar-refractivity contribution in [2.24, 2.45) is 5.41 Å². The summed E-state index contributed by atoms with van der Waals surface area (Å²) in [6.07, 6.45) is 5.42. The molecule has 1 aromatic rings. The van der Waals surface area contributed by atoms with E-state index in [4.69, 9.17) is 12.2 Å². The first-order valence-corrected chi connectivity index (χ1v) is 5.73. The Kier molecular flexibility index (Phi) is 2.54. The molecule has 0 aromatic carbocycles. The van der Waals surface area contributed by atoms with E-state index in [-0.39, 0.29) is 11.0 Å². The fraction of sp³-hybridized carbons (Fsp3) is 0.636. The van der Waals surface area contributed by atoms with Gasteiger partial charge in [0.2, 0.25) is 0 Å². The van der Waals surface area contributed by atoms with Gasteiger partial charge in [0.05, 0.1) is 0 Å². The Morgan fingerprint density at radius 1 is 1.60 bits per heavy atom. The summed E-state index contributed by atoms with van der Waals surface area (Å²) in [4.78, 5) is 13.8. The molecule has 1 aliphatic carbocycles. The fourth-order valence-electron chi connectivity index (χ4n) is 2.50. The number of rotatable bonds is 1. The fourth-order valence-corrected chi connectivity index (χ4v) is 2.79. The second-order valence-corrected chi connectivity index (χ2v) is 5.30. The number of aromatic nitrogens is 2. The maximum absolute atomic E-state index is 11.1. The Balaban J connectivity index is 2.46. The lowest BCUT2D eigenvalue weighted by atomic mass is 9.87. The van der Waals surface area contributed by atoms with E-state index >= 15 is 0 Å². The van der Waals surface area contributed by atoms with Crippen LogP contribution in [0.5, 0.6) is 0 Å². The lowest BCUT2D eigenvalue weighted by Gasteiger charge is -2.29. The van der Waals surface area contributed by atoms with Gasteiger partial charge in [-0.15, -0.1) is 0 Å². The Labute approximate surface area is 94.1 Å². The molecule has 0 radical (unpaired) electrons. The van der Waals surface area contributed by atoms with E-state index in [0.29, 0.717) is 10.8 Å². The van der Waals surface area contributed by atoms with Gasteiger partial charge < -0.3 is 4.57 Å². The predicted octanol–water partition coefficient (Wildman–Crippen LogP) is 2.66. The van der Waals surface area contributed by atoms with Crippen molar-refractivity contribution in [3.63, 3.8) is 0 Å². The quantitative estimate of drug-likeness (QED) is 0.745. The van der Waals surface area contributed by atoms with Gasteiger partial charge in [-0.25, -0.2) is 0 Å². The largest absolute Gasteiger partial charge is 0.322 e. The normalized spacial score (nSPS) is 24.3. The number of H-pyrrole nitrogens is 1. The summed E-state index contributed by atoms with van der Waals surface area (Å²) in [5, 5.41) is 0. The molecular weight excluding hydrogens is 208 g/mol. The summed E-state index contributed by atoms with van der Waals surface area (Å²) in [6, 6.07) is 1.96. The molecule has 1 aromatic heterocycles. The molecule has 1 N–H and O–H groups in total. The SMILES string of the molecule is CC1(C)CCCC1n1ccc(=O)[nH]c1=S. The van der Waals surface area contributed by atoms with Gasteiger partial charge in [-0.1, -0.05) is 20.3 Å². The van der Waals surface area contributed by atoms with Crippen molar-refractivity contribution in [2.45, 2.75) is 39.2 Å². The highest BCUT2D eigenvalue weighted by molar-refractivity contribution is 7.71. The maximum atomic E-state index is 11.1. The molecule has 1 fully saturated rings. The number of aromatic amines is 1. The van der Waals surface area contributed by atoms with E-state index in [1.165, 1.54) is 12.8 Å². The Morgan fingerprint density at radius 3 is 2.87 bits per heavy atom. The van der Waals surface area contributed by atoms with Gasteiger partial charge in [-0.3, -0.25) is 9.78 Å². The average molecular weight is 224 g/mol. The van der Waals surface area contributed by atoms with Crippen LogP contribution in [0, 0.1) is 10.2 Å². The molecule has 0 bridgehead atoms. The third kappa shape index (κ3) is 1.91. The van der Waals surface area contributed by atoms with Crippen molar-refractivity contribution >= 4 is 12.2 Å². The first-order valence-electron chi connectivity index (χ1n) is 5.32. The van der Waals surface area contributed by atoms with E-state index in [1.807, 2.05) is 10.8 Å². The summed E-state index contributed by atoms with van der Waals surface area (Å²) >= 11 is 5.19. The molecule has 1 unspecified atom stereocenters. The topological polar surface area (TPSA) is 37.8 Å². The van der Waals surface area contributed by atoms with Crippen molar-refractivity contribution in [3.05, 3.63) is 27.4 Å². The summed E-state index contributed by atoms with van der Waals surface area (Å²) in [7, 11) is 0. The van der Waals surface area contributed by atoms with Crippen LogP contribution in [0.3, 0.4) is 0 Å². The van der Waals surface area contributed by atoms with Crippen molar-refractivity contribution in [2.75, 3.05) is 0 Å². The molecule has 82 valence electrons. The number of nitrogens with one attached hydrogen (secondary N) is 1. The number of hydrogen-bond acceptors (Lipinski definition) is 2. The van der Waals surface area contributed by atoms with Crippen LogP contribution >= 0.6 is 12.2 Å². The standard InChI is InChI=1S/C11H16N2OS/c1-11(2)6-3-4-8(11)13-7-5-9(14)12-10(13)15/h5,7-8H,3-4,6H2,1-2H3,(H,12,14,15). The first kappa shape index (κ1) is 10.6. The zero-order chi connectivity index (χ0) is 11.1. The highest BCUT2D eigenvalue weighted by Crippen LogP contribution is 2.45. The number of nitrogens with zero attached hydrogens (tertiary/aromatic N) is 1. The van der Waals surface area contributed by atoms with E-state index in [0.717, 1.165) is 6.42 Å². The highest BCUT2D eigenvalue weighted by atomic mass is 32.1. The van der Waals surface area contributed by atoms with Gasteiger partial charge in [-0.05, 0) is 30.5 Å². The second-order valence-electron chi connectivity index (χ2n) is 4.91. The summed E-state index contributed by atoms with van der Waals surface area (Å²) in [6.45, 7) is 4.52. The van der Waals surface area contributed by atoms with E-state index < -0.39 is 0 Å². The third-order valence-electron chi connectivity index (χ3n) is 3.39. The summed E-state index contributed by atoms with van der Waals surface area (Å²) < 4.78 is 2.58. The van der Waals surface area contributed by atoms with Crippen LogP contribution in [0.15, 0.2) is 17.1 Å². The molecule has 3 nitrogen and oxygen atoms in total. The summed E-state index contributed by atoms with van der Waals surface area (Å²) in [5.41, 5.74) is 0.156. The molecular formula is C11H16N2OS. The molecule has 15 heavy (non-hydrogen) atoms. The molecule has 0 spiro atoms. The highest BCUT2D eigenvalue weighted by Gasteiger charge is 2.35. The van der Waals surface area contributed by atoms with Crippen LogP contribution < -0.4 is 5.56 Å². The molecule has 1 saturated carbocycles. The molecule has 1 heterocycles. The van der Waals surface area contributed by atoms with Gasteiger partial charge in [0.25, 0.3) is 5.56 Å². The average Bonchev–Trinajstić information content (AvgIpc) is 2.46. The van der Waals surface area contributed by atoms with E-state index in [9.17, 15) is 4.79 Å². The molecule has 0 saturated heterocycles. The van der Waals surface area contributed by atoms with E-state index in [2.05, 4.69) is 18.8 Å². The zero-order valence-corrected chi connectivity index (χ0v) is 9.93. The second kappa shape index (κ2) is 3.59. The van der Waals surface area contributed by atoms with Crippen molar-refractivity contribution < 1.29 is 0 Å². The molecule has 1 atom stereocenters. The molecule has 1 aliphatic rings. The van der Waals surface area contributed by atoms with Gasteiger partial charge >= 0.3 is 0 Å². The minimum Gasteiger partial charge on any atom is -0.322 e. The molecule has 4 heteroatoms. The number of hydrogen-bond donors (Lipinski definition) is 1. The smallest absolute Gasteiger partial charge is 0.251 e. The van der Waals surface area contributed by atoms with Gasteiger partial charge in [0.15, 0.2) is 4.77 Å². The zero-order valence-electron chi connectivity index (χ0n) is 9.12. The van der Waals surface area contributed by atoms with Crippen molar-refractivity contribution in [1.82, 2.24) is 9.55 Å². The molecule has 0 amide bonds. The van der Waals surface area contributed by atoms with Crippen LogP contribution in [0.25, 0.3) is 0 Å². The summed E-state index contributed by atoms with van der Waals surface area (Å²) in [5.74, 6) is 0. The van der Waals surface area contributed by atoms with Gasteiger partial charge in [0, 0.05) is 18.3 Å². The van der Waals surface area contributed by atoms with E-state index in [1.54, 1.807) is 6.07 Å². The monoisotopic (exact) mass is 224 g/mol. The lowest BCUT2D eigenvalue weighted by molar-refractivity contribution is 0.256. The van der Waals surface area contributed by atoms with Crippen LogP contribution in [0.1, 0.15) is 39.2 Å². The van der Waals surface area contributed by atoms with Crippen LogP contribution in [0.2, 0.25) is 0 Å². The molecule has 2 rings (SSSR count). The maximum Gasteiger partial charge on any atom is 0.251 e. The van der Waals surface area contributed by atoms with Gasteiger partial charge in [0.1, 0.15) is 0 Å². The van der Waals surface area contributed by atoms with Crippen LogP contribution in [-0.4, -0.2) is 9.55 Å². The van der Waals surface area contributed by atoms with Crippen LogP contribution in [-0.2, 0) is 0 Å². The first-order chi connectivity index (χ1) is 7.00. The van der Waals surface area contributed by atoms with Crippen molar-refractivity contribution in [3.8, 4) is 0 Å². The van der Waals surface area contributed by atoms with Crippen molar-refractivity contribution in [1.29, 1.82) is 0 Å².